The van der Waals surface area contributed by atoms with Crippen molar-refractivity contribution < 1.29 is 4.58 Å². The van der Waals surface area contributed by atoms with E-state index in [1.807, 2.05) is 7.05 Å². The first kappa shape index (κ1) is 13.3. The summed E-state index contributed by atoms with van der Waals surface area (Å²) in [6.45, 7) is 3.38. The molecular weight excluding hydrogens is 174 g/mol. The molecule has 1 N–H and O–H groups in total. The first-order valence-electron chi connectivity index (χ1n) is 5.56. The van der Waals surface area contributed by atoms with Crippen molar-refractivity contribution in [1.29, 1.82) is 0 Å². The molecule has 84 valence electrons. The van der Waals surface area contributed by atoms with E-state index in [-0.39, 0.29) is 0 Å². The summed E-state index contributed by atoms with van der Waals surface area (Å²) in [7, 11) is 8.23. The van der Waals surface area contributed by atoms with E-state index >= 15 is 0 Å². The Balaban J connectivity index is 3.82. The maximum atomic E-state index is 3.21. The minimum atomic E-state index is 1.13. The Morgan fingerprint density at radius 1 is 1.21 bits per heavy atom. The van der Waals surface area contributed by atoms with Gasteiger partial charge in [0.2, 0.25) is 0 Å². The Bertz CT molecular complexity index is 171. The fraction of sp³-hybridized carbons (Fsp3) is 0.909. The number of hydrogen-bond acceptors (Lipinski definition) is 0. The van der Waals surface area contributed by atoms with Crippen molar-refractivity contribution in [1.82, 2.24) is 10.2 Å². The van der Waals surface area contributed by atoms with Crippen LogP contribution in [0.15, 0.2) is 0 Å². The second-order valence-corrected chi connectivity index (χ2v) is 3.95. The molecule has 0 rings (SSSR count). The molecule has 0 aromatic rings. The molecule has 0 amide bonds. The third kappa shape index (κ3) is 5.10. The van der Waals surface area contributed by atoms with Crippen LogP contribution in [-0.2, 0) is 0 Å². The number of unbranched alkanes of at least 4 members (excludes halogenated alkanes) is 3. The Morgan fingerprint density at radius 2 is 1.86 bits per heavy atom. The molecule has 0 saturated heterocycles. The van der Waals surface area contributed by atoms with Gasteiger partial charge in [-0.15, -0.1) is 0 Å². The highest BCUT2D eigenvalue weighted by Crippen LogP contribution is 1.99. The molecule has 0 atom stereocenters. The van der Waals surface area contributed by atoms with Crippen LogP contribution in [0.2, 0.25) is 0 Å². The number of rotatable bonds is 5. The monoisotopic (exact) mass is 200 g/mol. The van der Waals surface area contributed by atoms with Crippen molar-refractivity contribution in [2.75, 3.05) is 34.7 Å². The molecular formula is C11H26N3+. The zero-order valence-electron chi connectivity index (χ0n) is 10.4. The molecule has 0 spiro atoms. The maximum Gasteiger partial charge on any atom is 0.347 e. The normalized spacial score (nSPS) is 9.79. The van der Waals surface area contributed by atoms with Gasteiger partial charge in [-0.3, -0.25) is 14.8 Å². The lowest BCUT2D eigenvalue weighted by atomic mass is 10.2. The molecule has 0 fully saturated rings. The van der Waals surface area contributed by atoms with Crippen LogP contribution in [0.25, 0.3) is 0 Å². The summed E-state index contributed by atoms with van der Waals surface area (Å²) < 4.78 is 2.11. The molecule has 0 saturated carbocycles. The summed E-state index contributed by atoms with van der Waals surface area (Å²) in [5, 5.41) is 3.21. The van der Waals surface area contributed by atoms with E-state index in [0.29, 0.717) is 0 Å². The van der Waals surface area contributed by atoms with E-state index in [1.54, 1.807) is 0 Å². The number of hydrogen-bond donors (Lipinski definition) is 1. The van der Waals surface area contributed by atoms with Gasteiger partial charge < -0.3 is 0 Å². The Morgan fingerprint density at radius 3 is 2.29 bits per heavy atom. The Hall–Kier alpha value is -0.730. The van der Waals surface area contributed by atoms with Crippen LogP contribution >= 0.6 is 0 Å². The molecule has 0 aromatic heterocycles. The summed E-state index contributed by atoms with van der Waals surface area (Å²) >= 11 is 0. The van der Waals surface area contributed by atoms with Gasteiger partial charge in [0.15, 0.2) is 0 Å². The minimum absolute atomic E-state index is 1.13. The van der Waals surface area contributed by atoms with Gasteiger partial charge in [-0.05, 0) is 6.42 Å². The van der Waals surface area contributed by atoms with Crippen molar-refractivity contribution >= 4 is 5.96 Å². The fourth-order valence-electron chi connectivity index (χ4n) is 1.64. The van der Waals surface area contributed by atoms with E-state index in [0.717, 1.165) is 6.54 Å². The van der Waals surface area contributed by atoms with Crippen LogP contribution in [0, 0.1) is 0 Å². The molecule has 3 nitrogen and oxygen atoms in total. The number of nitrogens with one attached hydrogen (secondary N) is 1. The van der Waals surface area contributed by atoms with E-state index in [9.17, 15) is 0 Å². The van der Waals surface area contributed by atoms with Crippen LogP contribution in [0.3, 0.4) is 0 Å². The molecule has 0 aliphatic carbocycles. The first-order valence-corrected chi connectivity index (χ1v) is 5.56. The van der Waals surface area contributed by atoms with E-state index < -0.39 is 0 Å². The average Bonchev–Trinajstić information content (AvgIpc) is 2.13. The first-order chi connectivity index (χ1) is 6.63. The second kappa shape index (κ2) is 7.65. The molecule has 0 aromatic carbocycles. The SMILES string of the molecule is CCCCCCN(C)C(NC)=[N+](C)C. The third-order valence-corrected chi connectivity index (χ3v) is 2.36. The van der Waals surface area contributed by atoms with Crippen LogP contribution < -0.4 is 5.32 Å². The number of guanidine groups is 1. The standard InChI is InChI=1S/C11H25N3/c1-6-7-8-9-10-14(5)11(12-2)13(3)4/h6-10H2,1-5H3/p+1. The molecule has 0 aliphatic rings. The van der Waals surface area contributed by atoms with Gasteiger partial charge in [-0.1, -0.05) is 26.2 Å². The van der Waals surface area contributed by atoms with Crippen LogP contribution in [0.5, 0.6) is 0 Å². The van der Waals surface area contributed by atoms with Gasteiger partial charge in [-0.2, -0.15) is 0 Å². The zero-order valence-corrected chi connectivity index (χ0v) is 10.4. The fourth-order valence-corrected chi connectivity index (χ4v) is 1.64. The third-order valence-electron chi connectivity index (χ3n) is 2.36. The lowest BCUT2D eigenvalue weighted by molar-refractivity contribution is -0.472. The molecule has 0 aliphatic heterocycles. The van der Waals surface area contributed by atoms with Crippen molar-refractivity contribution in [3.8, 4) is 0 Å². The molecule has 0 bridgehead atoms. The number of nitrogens with zero attached hydrogens (tertiary/aromatic N) is 2. The van der Waals surface area contributed by atoms with Gasteiger partial charge >= 0.3 is 5.96 Å². The van der Waals surface area contributed by atoms with E-state index in [4.69, 9.17) is 0 Å². The van der Waals surface area contributed by atoms with Crippen LogP contribution in [0.1, 0.15) is 32.6 Å². The predicted molar refractivity (Wildman–Crippen MR) is 62.9 cm³/mol. The lowest BCUT2D eigenvalue weighted by Crippen LogP contribution is -2.42. The van der Waals surface area contributed by atoms with Gasteiger partial charge in [-0.25, -0.2) is 0 Å². The highest BCUT2D eigenvalue weighted by Gasteiger charge is 2.11. The van der Waals surface area contributed by atoms with Gasteiger partial charge in [0.25, 0.3) is 0 Å². The highest BCUT2D eigenvalue weighted by molar-refractivity contribution is 5.74. The molecule has 14 heavy (non-hydrogen) atoms. The maximum absolute atomic E-state index is 3.21. The van der Waals surface area contributed by atoms with Crippen molar-refractivity contribution in [3.05, 3.63) is 0 Å². The van der Waals surface area contributed by atoms with Gasteiger partial charge in [0, 0.05) is 0 Å². The topological polar surface area (TPSA) is 18.3 Å². The Labute approximate surface area is 88.8 Å². The van der Waals surface area contributed by atoms with E-state index in [2.05, 4.69) is 42.9 Å². The zero-order chi connectivity index (χ0) is 11.0. The summed E-state index contributed by atoms with van der Waals surface area (Å²) in [4.78, 5) is 2.27. The summed E-state index contributed by atoms with van der Waals surface area (Å²) in [5.41, 5.74) is 0. The van der Waals surface area contributed by atoms with Gasteiger partial charge in [0.1, 0.15) is 0 Å². The average molecular weight is 200 g/mol. The quantitative estimate of drug-likeness (QED) is 0.312. The lowest BCUT2D eigenvalue weighted by Gasteiger charge is -2.15. The van der Waals surface area contributed by atoms with Crippen LogP contribution in [0.4, 0.5) is 0 Å². The van der Waals surface area contributed by atoms with Gasteiger partial charge in [0.05, 0.1) is 34.7 Å². The predicted octanol–water partition coefficient (Wildman–Crippen LogP) is 1.35. The molecule has 3 heteroatoms. The smallest absolute Gasteiger partial charge is 0.281 e. The van der Waals surface area contributed by atoms with E-state index in [1.165, 1.54) is 31.6 Å². The van der Waals surface area contributed by atoms with Crippen molar-refractivity contribution in [2.24, 2.45) is 0 Å². The summed E-state index contributed by atoms with van der Waals surface area (Å²) in [6, 6.07) is 0. The Kier molecular flexibility index (Phi) is 7.25. The molecule has 0 heterocycles. The highest BCUT2D eigenvalue weighted by atomic mass is 15.3. The molecule has 0 unspecified atom stereocenters. The minimum Gasteiger partial charge on any atom is -0.281 e. The summed E-state index contributed by atoms with van der Waals surface area (Å²) in [5.74, 6) is 1.18. The summed E-state index contributed by atoms with van der Waals surface area (Å²) in [6.07, 6.45) is 5.28. The van der Waals surface area contributed by atoms with Crippen LogP contribution in [-0.4, -0.2) is 50.2 Å². The second-order valence-electron chi connectivity index (χ2n) is 3.95. The largest absolute Gasteiger partial charge is 0.347 e. The van der Waals surface area contributed by atoms with Crippen molar-refractivity contribution in [3.63, 3.8) is 0 Å². The molecule has 0 radical (unpaired) electrons. The van der Waals surface area contributed by atoms with Crippen molar-refractivity contribution in [2.45, 2.75) is 32.6 Å².